The highest BCUT2D eigenvalue weighted by Gasteiger charge is 2.31. The molecule has 3 aromatic rings. The number of rotatable bonds is 11. The van der Waals surface area contributed by atoms with Crippen molar-refractivity contribution in [1.82, 2.24) is 30.1 Å². The molecule has 0 aliphatic carbocycles. The lowest BCUT2D eigenvalue weighted by Crippen LogP contribution is -2.37. The number of aliphatic hydroxyl groups is 1. The van der Waals surface area contributed by atoms with E-state index in [1.165, 1.54) is 0 Å². The van der Waals surface area contributed by atoms with Gasteiger partial charge < -0.3 is 10.1 Å². The minimum atomic E-state index is -0.217. The molecular formula is C24H36N6O2. The van der Waals surface area contributed by atoms with Gasteiger partial charge in [0.1, 0.15) is 0 Å². The summed E-state index contributed by atoms with van der Waals surface area (Å²) in [4.78, 5) is 18.1. The van der Waals surface area contributed by atoms with Crippen LogP contribution in [0.5, 0.6) is 0 Å². The van der Waals surface area contributed by atoms with E-state index in [0.717, 1.165) is 41.6 Å². The Labute approximate surface area is 189 Å². The number of benzene rings is 1. The maximum absolute atomic E-state index is 12.9. The molecule has 0 fully saturated rings. The molecule has 8 nitrogen and oxygen atoms in total. The fourth-order valence-corrected chi connectivity index (χ4v) is 4.06. The zero-order valence-corrected chi connectivity index (χ0v) is 19.9. The van der Waals surface area contributed by atoms with Crippen molar-refractivity contribution in [1.29, 1.82) is 0 Å². The Balaban J connectivity index is 2.03. The van der Waals surface area contributed by atoms with E-state index in [1.54, 1.807) is 0 Å². The van der Waals surface area contributed by atoms with Crippen LogP contribution in [0.25, 0.3) is 10.9 Å². The number of pyridine rings is 1. The number of nitrogens with zero attached hydrogens (tertiary/aromatic N) is 5. The van der Waals surface area contributed by atoms with E-state index in [2.05, 4.69) is 59.2 Å². The van der Waals surface area contributed by atoms with Crippen molar-refractivity contribution in [2.45, 2.75) is 78.4 Å². The van der Waals surface area contributed by atoms with Gasteiger partial charge in [-0.15, -0.1) is 5.10 Å². The first-order chi connectivity index (χ1) is 15.3. The summed E-state index contributed by atoms with van der Waals surface area (Å²) < 4.78 is 1.92. The second-order valence-corrected chi connectivity index (χ2v) is 9.18. The van der Waals surface area contributed by atoms with Crippen LogP contribution in [0.3, 0.4) is 0 Å². The van der Waals surface area contributed by atoms with Gasteiger partial charge >= 0.3 is 0 Å². The van der Waals surface area contributed by atoms with Gasteiger partial charge in [-0.1, -0.05) is 31.9 Å². The van der Waals surface area contributed by atoms with E-state index in [1.807, 2.05) is 29.8 Å². The molecule has 1 aromatic carbocycles. The van der Waals surface area contributed by atoms with Gasteiger partial charge in [0.05, 0.1) is 11.6 Å². The topological polar surface area (TPSA) is 99.9 Å². The molecule has 32 heavy (non-hydrogen) atoms. The SMILES string of the molecule is CCC[C@@H](c1nnnn1C(C)(C)CC)N(CCCO)Cc1cc2cc(C)ccc2[nH]c1=O. The number of tetrazole rings is 1. The van der Waals surface area contributed by atoms with E-state index in [9.17, 15) is 9.90 Å². The van der Waals surface area contributed by atoms with Crippen molar-refractivity contribution in [2.75, 3.05) is 13.2 Å². The minimum absolute atomic E-state index is 0.0556. The first-order valence-electron chi connectivity index (χ1n) is 11.6. The van der Waals surface area contributed by atoms with E-state index in [4.69, 9.17) is 0 Å². The Morgan fingerprint density at radius 2 is 2.03 bits per heavy atom. The third-order valence-corrected chi connectivity index (χ3v) is 6.29. The zero-order valence-electron chi connectivity index (χ0n) is 19.9. The normalized spacial score (nSPS) is 13.2. The van der Waals surface area contributed by atoms with Gasteiger partial charge in [-0.05, 0) is 74.0 Å². The summed E-state index contributed by atoms with van der Waals surface area (Å²) in [5, 5.41) is 23.3. The molecule has 0 aliphatic rings. The largest absolute Gasteiger partial charge is 0.396 e. The molecule has 2 heterocycles. The van der Waals surface area contributed by atoms with Gasteiger partial charge in [0, 0.05) is 30.8 Å². The summed E-state index contributed by atoms with van der Waals surface area (Å²) in [5.74, 6) is 0.810. The monoisotopic (exact) mass is 440 g/mol. The molecule has 0 amide bonds. The van der Waals surface area contributed by atoms with Crippen LogP contribution in [0.4, 0.5) is 0 Å². The smallest absolute Gasteiger partial charge is 0.252 e. The highest BCUT2D eigenvalue weighted by molar-refractivity contribution is 5.79. The average Bonchev–Trinajstić information content (AvgIpc) is 3.26. The second kappa shape index (κ2) is 10.4. The molecule has 2 aromatic heterocycles. The molecule has 0 saturated carbocycles. The predicted molar refractivity (Wildman–Crippen MR) is 126 cm³/mol. The van der Waals surface area contributed by atoms with Gasteiger partial charge in [-0.2, -0.15) is 0 Å². The molecule has 0 radical (unpaired) electrons. The van der Waals surface area contributed by atoms with Crippen LogP contribution in [-0.2, 0) is 12.1 Å². The molecule has 1 atom stereocenters. The molecule has 0 unspecified atom stereocenters. The van der Waals surface area contributed by atoms with Crippen LogP contribution in [0, 0.1) is 6.92 Å². The van der Waals surface area contributed by atoms with Crippen molar-refractivity contribution >= 4 is 10.9 Å². The third-order valence-electron chi connectivity index (χ3n) is 6.29. The maximum atomic E-state index is 12.9. The number of nitrogens with one attached hydrogen (secondary N) is 1. The van der Waals surface area contributed by atoms with Crippen LogP contribution >= 0.6 is 0 Å². The van der Waals surface area contributed by atoms with Crippen LogP contribution in [0.2, 0.25) is 0 Å². The third kappa shape index (κ3) is 5.24. The van der Waals surface area contributed by atoms with E-state index >= 15 is 0 Å². The number of aromatic nitrogens is 5. The molecule has 2 N–H and O–H groups in total. The molecular weight excluding hydrogens is 404 g/mol. The lowest BCUT2D eigenvalue weighted by molar-refractivity contribution is 0.139. The van der Waals surface area contributed by atoms with Crippen LogP contribution in [0.15, 0.2) is 29.1 Å². The second-order valence-electron chi connectivity index (χ2n) is 9.18. The minimum Gasteiger partial charge on any atom is -0.396 e. The van der Waals surface area contributed by atoms with E-state index in [0.29, 0.717) is 25.1 Å². The van der Waals surface area contributed by atoms with Crippen molar-refractivity contribution in [3.8, 4) is 0 Å². The molecule has 0 saturated heterocycles. The first-order valence-corrected chi connectivity index (χ1v) is 11.6. The van der Waals surface area contributed by atoms with Crippen molar-refractivity contribution in [3.05, 3.63) is 51.6 Å². The standard InChI is InChI=1S/C24H36N6O2/c1-6-9-21(22-26-27-28-30(22)24(4,5)7-2)29(12-8-13-31)16-19-15-18-14-17(3)10-11-20(18)25-23(19)32/h10-11,14-15,21,31H,6-9,12-13,16H2,1-5H3,(H,25,32)/t21-/m0/s1. The summed E-state index contributed by atoms with van der Waals surface area (Å²) in [7, 11) is 0. The van der Waals surface area contributed by atoms with E-state index in [-0.39, 0.29) is 23.7 Å². The van der Waals surface area contributed by atoms with Crippen molar-refractivity contribution in [2.24, 2.45) is 0 Å². The molecule has 3 rings (SSSR count). The van der Waals surface area contributed by atoms with Crippen LogP contribution < -0.4 is 5.56 Å². The predicted octanol–water partition coefficient (Wildman–Crippen LogP) is 3.69. The Bertz CT molecular complexity index is 1090. The summed E-state index contributed by atoms with van der Waals surface area (Å²) in [6.07, 6.45) is 3.32. The maximum Gasteiger partial charge on any atom is 0.252 e. The number of aryl methyl sites for hydroxylation is 1. The van der Waals surface area contributed by atoms with Crippen LogP contribution in [-0.4, -0.2) is 48.3 Å². The van der Waals surface area contributed by atoms with Gasteiger partial charge in [-0.25, -0.2) is 4.68 Å². The van der Waals surface area contributed by atoms with Gasteiger partial charge in [0.25, 0.3) is 5.56 Å². The van der Waals surface area contributed by atoms with Gasteiger partial charge in [-0.3, -0.25) is 9.69 Å². The highest BCUT2D eigenvalue weighted by atomic mass is 16.3. The summed E-state index contributed by atoms with van der Waals surface area (Å²) in [6.45, 7) is 11.8. The molecule has 0 spiro atoms. The lowest BCUT2D eigenvalue weighted by atomic mass is 10.0. The Morgan fingerprint density at radius 3 is 2.72 bits per heavy atom. The summed E-state index contributed by atoms with van der Waals surface area (Å²) in [5.41, 5.74) is 2.39. The molecule has 0 aliphatic heterocycles. The highest BCUT2D eigenvalue weighted by Crippen LogP contribution is 2.30. The number of H-pyrrole nitrogens is 1. The number of aromatic amines is 1. The summed E-state index contributed by atoms with van der Waals surface area (Å²) >= 11 is 0. The van der Waals surface area contributed by atoms with Gasteiger partial charge in [0.15, 0.2) is 5.82 Å². The van der Waals surface area contributed by atoms with Crippen LogP contribution in [0.1, 0.15) is 76.4 Å². The molecule has 0 bridgehead atoms. The first kappa shape index (κ1) is 24.1. The quantitative estimate of drug-likeness (QED) is 0.472. The fraction of sp³-hybridized carbons (Fsp3) is 0.583. The van der Waals surface area contributed by atoms with Gasteiger partial charge in [0.2, 0.25) is 0 Å². The lowest BCUT2D eigenvalue weighted by Gasteiger charge is -2.33. The van der Waals surface area contributed by atoms with Crippen molar-refractivity contribution in [3.63, 3.8) is 0 Å². The molecule has 174 valence electrons. The fourth-order valence-electron chi connectivity index (χ4n) is 4.06. The number of fused-ring (bicyclic) bond motifs is 1. The Kier molecular flexibility index (Phi) is 7.79. The van der Waals surface area contributed by atoms with Crippen molar-refractivity contribution < 1.29 is 5.11 Å². The Morgan fingerprint density at radius 1 is 1.25 bits per heavy atom. The average molecular weight is 441 g/mol. The summed E-state index contributed by atoms with van der Waals surface area (Å²) in [6, 6.07) is 7.95. The Hall–Kier alpha value is -2.58. The number of hydrogen-bond acceptors (Lipinski definition) is 6. The van der Waals surface area contributed by atoms with E-state index < -0.39 is 0 Å². The molecule has 8 heteroatoms. The number of hydrogen-bond donors (Lipinski definition) is 2. The number of aliphatic hydroxyl groups excluding tert-OH is 1. The zero-order chi connectivity index (χ0) is 23.3.